The number of H-pyrrole nitrogens is 1. The van der Waals surface area contributed by atoms with Gasteiger partial charge in [0.05, 0.1) is 24.8 Å². The summed E-state index contributed by atoms with van der Waals surface area (Å²) in [5, 5.41) is 3.81. The van der Waals surface area contributed by atoms with Gasteiger partial charge in [0.25, 0.3) is 0 Å². The van der Waals surface area contributed by atoms with Crippen molar-refractivity contribution in [2.75, 3.05) is 13.7 Å². The van der Waals surface area contributed by atoms with Crippen LogP contribution in [0.3, 0.4) is 0 Å². The molecule has 1 atom stereocenters. The molecule has 1 fully saturated rings. The first-order valence-electron chi connectivity index (χ1n) is 9.96. The number of methoxy groups -OCH3 is 1. The van der Waals surface area contributed by atoms with E-state index in [-0.39, 0.29) is 11.1 Å². The molecule has 1 saturated heterocycles. The van der Waals surface area contributed by atoms with Crippen molar-refractivity contribution >= 4 is 0 Å². The SMILES string of the molecule is COc1ccc(C2CN(C3CC(C)(C)NC(C)(C)C3)Cc3[nH]cnc32)cc1. The maximum Gasteiger partial charge on any atom is 0.118 e. The van der Waals surface area contributed by atoms with Crippen LogP contribution in [0, 0.1) is 0 Å². The number of hydrogen-bond donors (Lipinski definition) is 2. The molecule has 1 aromatic carbocycles. The first kappa shape index (κ1) is 18.5. The maximum absolute atomic E-state index is 5.33. The molecule has 27 heavy (non-hydrogen) atoms. The number of fused-ring (bicyclic) bond motifs is 1. The Morgan fingerprint density at radius 1 is 1.07 bits per heavy atom. The van der Waals surface area contributed by atoms with Gasteiger partial charge in [-0.15, -0.1) is 0 Å². The first-order valence-corrected chi connectivity index (χ1v) is 9.96. The van der Waals surface area contributed by atoms with Gasteiger partial charge < -0.3 is 15.0 Å². The number of hydrogen-bond acceptors (Lipinski definition) is 4. The molecule has 5 nitrogen and oxygen atoms in total. The van der Waals surface area contributed by atoms with Gasteiger partial charge in [0, 0.05) is 36.1 Å². The number of piperidine rings is 1. The molecule has 4 rings (SSSR count). The minimum absolute atomic E-state index is 0.149. The van der Waals surface area contributed by atoms with Crippen molar-refractivity contribution in [1.82, 2.24) is 20.2 Å². The quantitative estimate of drug-likeness (QED) is 0.868. The van der Waals surface area contributed by atoms with E-state index in [0.717, 1.165) is 31.7 Å². The molecule has 1 aromatic heterocycles. The van der Waals surface area contributed by atoms with Crippen LogP contribution in [0.5, 0.6) is 5.75 Å². The van der Waals surface area contributed by atoms with Crippen LogP contribution in [-0.4, -0.2) is 45.6 Å². The summed E-state index contributed by atoms with van der Waals surface area (Å²) < 4.78 is 5.33. The van der Waals surface area contributed by atoms with E-state index in [1.807, 2.05) is 6.33 Å². The van der Waals surface area contributed by atoms with Crippen LogP contribution in [0.2, 0.25) is 0 Å². The van der Waals surface area contributed by atoms with Gasteiger partial charge in [0.1, 0.15) is 5.75 Å². The Labute approximate surface area is 162 Å². The molecule has 3 heterocycles. The largest absolute Gasteiger partial charge is 0.497 e. The van der Waals surface area contributed by atoms with Gasteiger partial charge >= 0.3 is 0 Å². The Bertz CT molecular complexity index is 777. The highest BCUT2D eigenvalue weighted by molar-refractivity contribution is 5.37. The Hall–Kier alpha value is -1.85. The maximum atomic E-state index is 5.33. The first-order chi connectivity index (χ1) is 12.8. The highest BCUT2D eigenvalue weighted by Crippen LogP contribution is 2.38. The zero-order valence-electron chi connectivity index (χ0n) is 17.2. The molecule has 5 heteroatoms. The number of benzene rings is 1. The van der Waals surface area contributed by atoms with Gasteiger partial charge in [-0.2, -0.15) is 0 Å². The average molecular weight is 369 g/mol. The van der Waals surface area contributed by atoms with Crippen molar-refractivity contribution in [3.63, 3.8) is 0 Å². The zero-order valence-corrected chi connectivity index (χ0v) is 17.2. The van der Waals surface area contributed by atoms with E-state index in [9.17, 15) is 0 Å². The monoisotopic (exact) mass is 368 g/mol. The van der Waals surface area contributed by atoms with Crippen molar-refractivity contribution in [3.8, 4) is 5.75 Å². The van der Waals surface area contributed by atoms with E-state index in [0.29, 0.717) is 12.0 Å². The molecule has 1 unspecified atom stereocenters. The third-order valence-corrected chi connectivity index (χ3v) is 6.06. The highest BCUT2D eigenvalue weighted by atomic mass is 16.5. The molecule has 146 valence electrons. The average Bonchev–Trinajstić information content (AvgIpc) is 3.07. The summed E-state index contributed by atoms with van der Waals surface area (Å²) in [7, 11) is 1.71. The van der Waals surface area contributed by atoms with Crippen LogP contribution >= 0.6 is 0 Å². The Kier molecular flexibility index (Phi) is 4.55. The van der Waals surface area contributed by atoms with Crippen molar-refractivity contribution in [2.24, 2.45) is 0 Å². The van der Waals surface area contributed by atoms with Crippen LogP contribution in [0.25, 0.3) is 0 Å². The number of nitrogens with zero attached hydrogens (tertiary/aromatic N) is 2. The molecule has 0 bridgehead atoms. The minimum Gasteiger partial charge on any atom is -0.497 e. The normalized spacial score (nSPS) is 25.1. The topological polar surface area (TPSA) is 53.2 Å². The van der Waals surface area contributed by atoms with E-state index in [4.69, 9.17) is 4.74 Å². The molecule has 0 amide bonds. The van der Waals surface area contributed by atoms with Crippen molar-refractivity contribution in [1.29, 1.82) is 0 Å². The number of ether oxygens (including phenoxy) is 1. The molecule has 2 N–H and O–H groups in total. The smallest absolute Gasteiger partial charge is 0.118 e. The lowest BCUT2D eigenvalue weighted by Crippen LogP contribution is -2.62. The minimum atomic E-state index is 0.149. The lowest BCUT2D eigenvalue weighted by Gasteiger charge is -2.51. The summed E-state index contributed by atoms with van der Waals surface area (Å²) >= 11 is 0. The number of aromatic nitrogens is 2. The van der Waals surface area contributed by atoms with Gasteiger partial charge in [0.2, 0.25) is 0 Å². The zero-order chi connectivity index (χ0) is 19.2. The van der Waals surface area contributed by atoms with E-state index >= 15 is 0 Å². The Morgan fingerprint density at radius 3 is 2.37 bits per heavy atom. The lowest BCUT2D eigenvalue weighted by atomic mass is 9.78. The summed E-state index contributed by atoms with van der Waals surface area (Å²) in [6, 6.07) is 9.03. The summed E-state index contributed by atoms with van der Waals surface area (Å²) in [6.45, 7) is 11.3. The van der Waals surface area contributed by atoms with E-state index in [1.165, 1.54) is 17.0 Å². The van der Waals surface area contributed by atoms with E-state index in [2.05, 4.69) is 72.1 Å². The summed E-state index contributed by atoms with van der Waals surface area (Å²) in [5.74, 6) is 1.20. The Balaban J connectivity index is 1.63. The van der Waals surface area contributed by atoms with E-state index in [1.54, 1.807) is 7.11 Å². The second kappa shape index (κ2) is 6.64. The van der Waals surface area contributed by atoms with E-state index < -0.39 is 0 Å². The van der Waals surface area contributed by atoms with Crippen molar-refractivity contribution in [2.45, 2.75) is 70.1 Å². The number of nitrogens with one attached hydrogen (secondary N) is 2. The van der Waals surface area contributed by atoms with Crippen LogP contribution in [0.15, 0.2) is 30.6 Å². The lowest BCUT2D eigenvalue weighted by molar-refractivity contribution is 0.0537. The predicted molar refractivity (Wildman–Crippen MR) is 108 cm³/mol. The fourth-order valence-corrected chi connectivity index (χ4v) is 5.25. The number of aromatic amines is 1. The summed E-state index contributed by atoms with van der Waals surface area (Å²) in [6.07, 6.45) is 4.17. The molecular formula is C22H32N4O. The fourth-order valence-electron chi connectivity index (χ4n) is 5.25. The summed E-state index contributed by atoms with van der Waals surface area (Å²) in [4.78, 5) is 10.7. The molecule has 0 radical (unpaired) electrons. The third kappa shape index (κ3) is 3.76. The highest BCUT2D eigenvalue weighted by Gasteiger charge is 2.42. The van der Waals surface area contributed by atoms with Crippen molar-refractivity contribution in [3.05, 3.63) is 47.5 Å². The second-order valence-electron chi connectivity index (χ2n) is 9.48. The van der Waals surface area contributed by atoms with Gasteiger partial charge in [-0.05, 0) is 58.2 Å². The molecule has 0 saturated carbocycles. The van der Waals surface area contributed by atoms with Crippen LogP contribution in [0.1, 0.15) is 63.4 Å². The molecule has 2 aromatic rings. The molecule has 0 aliphatic carbocycles. The molecular weight excluding hydrogens is 336 g/mol. The van der Waals surface area contributed by atoms with Crippen LogP contribution in [-0.2, 0) is 6.54 Å². The van der Waals surface area contributed by atoms with Gasteiger partial charge in [0.15, 0.2) is 0 Å². The van der Waals surface area contributed by atoms with Crippen LogP contribution in [0.4, 0.5) is 0 Å². The Morgan fingerprint density at radius 2 is 1.74 bits per heavy atom. The molecule has 2 aliphatic heterocycles. The molecule has 2 aliphatic rings. The standard InChI is InChI=1S/C22H32N4O/c1-21(2)10-16(11-22(3,4)25-21)26-12-18(20-19(13-26)23-14-24-20)15-6-8-17(27-5)9-7-15/h6-9,14,16,18,25H,10-13H2,1-5H3,(H,23,24). The van der Waals surface area contributed by atoms with Crippen LogP contribution < -0.4 is 10.1 Å². The fraction of sp³-hybridized carbons (Fsp3) is 0.591. The third-order valence-electron chi connectivity index (χ3n) is 6.06. The van der Waals surface area contributed by atoms with Gasteiger partial charge in [-0.1, -0.05) is 12.1 Å². The summed E-state index contributed by atoms with van der Waals surface area (Å²) in [5.41, 5.74) is 4.06. The predicted octanol–water partition coefficient (Wildman–Crippen LogP) is 3.68. The molecule has 0 spiro atoms. The number of rotatable bonds is 3. The van der Waals surface area contributed by atoms with Gasteiger partial charge in [-0.25, -0.2) is 4.98 Å². The van der Waals surface area contributed by atoms with Gasteiger partial charge in [-0.3, -0.25) is 4.90 Å². The number of imidazole rings is 1. The van der Waals surface area contributed by atoms with Crippen molar-refractivity contribution < 1.29 is 4.74 Å². The second-order valence-corrected chi connectivity index (χ2v) is 9.48.